The number of rotatable bonds is 6. The Morgan fingerprint density at radius 3 is 2.62 bits per heavy atom. The van der Waals surface area contributed by atoms with Gasteiger partial charge in [-0.2, -0.15) is 9.97 Å². The summed E-state index contributed by atoms with van der Waals surface area (Å²) in [5.41, 5.74) is 4.41. The van der Waals surface area contributed by atoms with Crippen LogP contribution in [0.15, 0.2) is 48.6 Å². The van der Waals surface area contributed by atoms with Crippen LogP contribution >= 0.6 is 0 Å². The fourth-order valence-electron chi connectivity index (χ4n) is 5.22. The summed E-state index contributed by atoms with van der Waals surface area (Å²) in [5, 5.41) is 2.47. The van der Waals surface area contributed by atoms with E-state index >= 15 is 0 Å². The summed E-state index contributed by atoms with van der Waals surface area (Å²) in [6, 6.07) is 13.2. The molecule has 0 saturated carbocycles. The molecule has 2 aromatic carbocycles. The van der Waals surface area contributed by atoms with Crippen molar-refractivity contribution >= 4 is 22.5 Å². The zero-order valence-electron chi connectivity index (χ0n) is 22.1. The van der Waals surface area contributed by atoms with Crippen LogP contribution in [0.2, 0.25) is 0 Å². The Bertz CT molecular complexity index is 1310. The molecule has 1 amide bonds. The van der Waals surface area contributed by atoms with Gasteiger partial charge in [-0.3, -0.25) is 4.79 Å². The van der Waals surface area contributed by atoms with Gasteiger partial charge in [0.15, 0.2) is 0 Å². The van der Waals surface area contributed by atoms with Crippen LogP contribution in [-0.4, -0.2) is 79.6 Å². The molecule has 0 bridgehead atoms. The van der Waals surface area contributed by atoms with Crippen LogP contribution in [0.4, 0.5) is 5.82 Å². The molecule has 3 heterocycles. The Morgan fingerprint density at radius 1 is 1.14 bits per heavy atom. The molecule has 0 aliphatic carbocycles. The lowest BCUT2D eigenvalue weighted by molar-refractivity contribution is -0.126. The summed E-state index contributed by atoms with van der Waals surface area (Å²) in [7, 11) is 5.58. The maximum atomic E-state index is 12.6. The standard InChI is InChI=1S/C29H35N5O3/c1-20-8-5-9-21-10-6-11-22(27(20)21)25-18-24-23(19-37-25)28(31-29(30-24)36-4)34-16-14-33(15-17-34)26(35)12-7-13-32(2)3/h5-12,25H,13-19H2,1-4H3/b12-7+. The maximum Gasteiger partial charge on any atom is 0.318 e. The molecule has 1 aromatic heterocycles. The average Bonchev–Trinajstić information content (AvgIpc) is 2.91. The smallest absolute Gasteiger partial charge is 0.318 e. The van der Waals surface area contributed by atoms with E-state index in [1.165, 1.54) is 21.9 Å². The molecule has 2 aliphatic rings. The van der Waals surface area contributed by atoms with Crippen molar-refractivity contribution in [3.05, 3.63) is 70.9 Å². The second-order valence-electron chi connectivity index (χ2n) is 9.96. The fourth-order valence-corrected chi connectivity index (χ4v) is 5.22. The molecule has 194 valence electrons. The molecule has 0 radical (unpaired) electrons. The molecule has 3 aromatic rings. The summed E-state index contributed by atoms with van der Waals surface area (Å²) in [4.78, 5) is 28.2. The van der Waals surface area contributed by atoms with Crippen LogP contribution in [0.5, 0.6) is 6.01 Å². The highest BCUT2D eigenvalue weighted by atomic mass is 16.5. The van der Waals surface area contributed by atoms with Crippen molar-refractivity contribution in [2.45, 2.75) is 26.1 Å². The van der Waals surface area contributed by atoms with Crippen molar-refractivity contribution in [1.82, 2.24) is 19.8 Å². The Balaban J connectivity index is 1.36. The van der Waals surface area contributed by atoms with E-state index in [1.807, 2.05) is 30.0 Å². The molecule has 1 atom stereocenters. The number of aryl methyl sites for hydroxylation is 1. The first-order chi connectivity index (χ1) is 17.9. The number of carbonyl (C=O) groups excluding carboxylic acids is 1. The number of benzene rings is 2. The molecule has 1 unspecified atom stereocenters. The molecule has 37 heavy (non-hydrogen) atoms. The lowest BCUT2D eigenvalue weighted by atomic mass is 9.92. The van der Waals surface area contributed by atoms with E-state index in [0.29, 0.717) is 45.2 Å². The zero-order chi connectivity index (χ0) is 25.9. The van der Waals surface area contributed by atoms with Crippen molar-refractivity contribution in [2.24, 2.45) is 0 Å². The van der Waals surface area contributed by atoms with E-state index in [2.05, 4.69) is 48.2 Å². The largest absolute Gasteiger partial charge is 0.467 e. The molecule has 5 rings (SSSR count). The van der Waals surface area contributed by atoms with Gasteiger partial charge < -0.3 is 24.2 Å². The summed E-state index contributed by atoms with van der Waals surface area (Å²) in [6.07, 6.45) is 4.15. The maximum absolute atomic E-state index is 12.6. The van der Waals surface area contributed by atoms with Gasteiger partial charge in [0.2, 0.25) is 5.91 Å². The van der Waals surface area contributed by atoms with E-state index in [-0.39, 0.29) is 12.0 Å². The summed E-state index contributed by atoms with van der Waals surface area (Å²) >= 11 is 0. The number of fused-ring (bicyclic) bond motifs is 2. The second kappa shape index (κ2) is 10.9. The third-order valence-corrected chi connectivity index (χ3v) is 7.15. The molecular formula is C29H35N5O3. The molecular weight excluding hydrogens is 466 g/mol. The molecule has 2 aliphatic heterocycles. The van der Waals surface area contributed by atoms with Crippen LogP contribution in [0, 0.1) is 6.92 Å². The summed E-state index contributed by atoms with van der Waals surface area (Å²) in [5.74, 6) is 0.907. The van der Waals surface area contributed by atoms with Crippen LogP contribution in [-0.2, 0) is 22.6 Å². The second-order valence-corrected chi connectivity index (χ2v) is 9.96. The van der Waals surface area contributed by atoms with Crippen molar-refractivity contribution in [2.75, 3.05) is 58.8 Å². The first kappa shape index (κ1) is 25.2. The number of likely N-dealkylation sites (N-methyl/N-ethyl adjacent to an activating group) is 1. The monoisotopic (exact) mass is 501 g/mol. The number of carbonyl (C=O) groups is 1. The highest BCUT2D eigenvalue weighted by molar-refractivity contribution is 5.89. The van der Waals surface area contributed by atoms with E-state index < -0.39 is 0 Å². The number of aromatic nitrogens is 2. The van der Waals surface area contributed by atoms with E-state index in [0.717, 1.165) is 23.6 Å². The molecule has 0 spiro atoms. The van der Waals surface area contributed by atoms with Crippen molar-refractivity contribution in [1.29, 1.82) is 0 Å². The van der Waals surface area contributed by atoms with Gasteiger partial charge in [0, 0.05) is 50.8 Å². The molecule has 8 nitrogen and oxygen atoms in total. The first-order valence-electron chi connectivity index (χ1n) is 12.8. The van der Waals surface area contributed by atoms with Gasteiger partial charge in [-0.25, -0.2) is 0 Å². The highest BCUT2D eigenvalue weighted by Gasteiger charge is 2.30. The average molecular weight is 502 g/mol. The normalized spacial score (nSPS) is 18.0. The van der Waals surface area contributed by atoms with Crippen LogP contribution in [0.1, 0.15) is 28.5 Å². The number of hydrogen-bond acceptors (Lipinski definition) is 7. The van der Waals surface area contributed by atoms with Crippen LogP contribution in [0.25, 0.3) is 10.8 Å². The Hall–Kier alpha value is -3.49. The first-order valence-corrected chi connectivity index (χ1v) is 12.8. The Morgan fingerprint density at radius 2 is 1.89 bits per heavy atom. The summed E-state index contributed by atoms with van der Waals surface area (Å²) in [6.45, 7) is 6.02. The van der Waals surface area contributed by atoms with E-state index in [9.17, 15) is 4.79 Å². The Labute approximate surface area is 218 Å². The van der Waals surface area contributed by atoms with Gasteiger partial charge in [-0.15, -0.1) is 0 Å². The SMILES string of the molecule is COc1nc2c(c(N3CCN(C(=O)/C=C/CN(C)C)CC3)n1)COC(c1cccc3cccc(C)c13)C2. The third-order valence-electron chi connectivity index (χ3n) is 7.15. The number of hydrogen-bond donors (Lipinski definition) is 0. The molecule has 0 N–H and O–H groups in total. The minimum absolute atomic E-state index is 0.0559. The minimum Gasteiger partial charge on any atom is -0.467 e. The lowest BCUT2D eigenvalue weighted by Crippen LogP contribution is -2.49. The zero-order valence-corrected chi connectivity index (χ0v) is 22.1. The molecule has 1 saturated heterocycles. The predicted octanol–water partition coefficient (Wildman–Crippen LogP) is 3.53. The van der Waals surface area contributed by atoms with E-state index in [1.54, 1.807) is 13.2 Å². The van der Waals surface area contributed by atoms with Crippen molar-refractivity contribution in [3.8, 4) is 6.01 Å². The third kappa shape index (κ3) is 5.31. The van der Waals surface area contributed by atoms with Crippen molar-refractivity contribution in [3.63, 3.8) is 0 Å². The lowest BCUT2D eigenvalue weighted by Gasteiger charge is -2.37. The number of methoxy groups -OCH3 is 1. The topological polar surface area (TPSA) is 71.0 Å². The van der Waals surface area contributed by atoms with Gasteiger partial charge in [-0.05, 0) is 42.9 Å². The number of nitrogens with zero attached hydrogens (tertiary/aromatic N) is 5. The van der Waals surface area contributed by atoms with Gasteiger partial charge in [0.25, 0.3) is 0 Å². The quantitative estimate of drug-likeness (QED) is 0.479. The van der Waals surface area contributed by atoms with Gasteiger partial charge >= 0.3 is 6.01 Å². The van der Waals surface area contributed by atoms with Gasteiger partial charge in [0.05, 0.1) is 25.5 Å². The molecule has 1 fully saturated rings. The number of ether oxygens (including phenoxy) is 2. The molecule has 8 heteroatoms. The fraction of sp³-hybridized carbons (Fsp3) is 0.414. The van der Waals surface area contributed by atoms with Crippen LogP contribution < -0.4 is 9.64 Å². The Kier molecular flexibility index (Phi) is 7.39. The van der Waals surface area contributed by atoms with Crippen molar-refractivity contribution < 1.29 is 14.3 Å². The number of piperazine rings is 1. The van der Waals surface area contributed by atoms with Gasteiger partial charge in [-0.1, -0.05) is 42.5 Å². The van der Waals surface area contributed by atoms with E-state index in [4.69, 9.17) is 19.4 Å². The highest BCUT2D eigenvalue weighted by Crippen LogP contribution is 2.38. The number of amides is 1. The van der Waals surface area contributed by atoms with Crippen LogP contribution in [0.3, 0.4) is 0 Å². The number of anilines is 1. The summed E-state index contributed by atoms with van der Waals surface area (Å²) < 4.78 is 12.0. The predicted molar refractivity (Wildman–Crippen MR) is 145 cm³/mol. The van der Waals surface area contributed by atoms with Gasteiger partial charge in [0.1, 0.15) is 5.82 Å². The minimum atomic E-state index is -0.0897.